The Kier molecular flexibility index (Phi) is 5.79. The van der Waals surface area contributed by atoms with Crippen LogP contribution in [0.3, 0.4) is 0 Å². The van der Waals surface area contributed by atoms with Gasteiger partial charge < -0.3 is 10.5 Å². The molecule has 1 rings (SSSR count). The van der Waals surface area contributed by atoms with Crippen molar-refractivity contribution < 1.29 is 4.74 Å². The quantitative estimate of drug-likeness (QED) is 0.692. The number of nitrogens with two attached hydrogens (primary N) is 1. The minimum Gasteiger partial charge on any atom is -0.497 e. The Labute approximate surface area is 84.5 Å². The summed E-state index contributed by atoms with van der Waals surface area (Å²) in [6.07, 6.45) is 0. The van der Waals surface area contributed by atoms with E-state index in [1.165, 1.54) is 0 Å². The van der Waals surface area contributed by atoms with E-state index in [2.05, 4.69) is 11.8 Å². The van der Waals surface area contributed by atoms with Gasteiger partial charge >= 0.3 is 0 Å². The van der Waals surface area contributed by atoms with Gasteiger partial charge in [-0.1, -0.05) is 17.9 Å². The summed E-state index contributed by atoms with van der Waals surface area (Å²) in [6, 6.07) is 7.58. The highest BCUT2D eigenvalue weighted by molar-refractivity contribution is 5.85. The van der Waals surface area contributed by atoms with Gasteiger partial charge in [0.2, 0.25) is 0 Å². The summed E-state index contributed by atoms with van der Waals surface area (Å²) >= 11 is 0. The third kappa shape index (κ3) is 3.84. The van der Waals surface area contributed by atoms with Crippen molar-refractivity contribution in [1.82, 2.24) is 0 Å². The van der Waals surface area contributed by atoms with E-state index in [0.29, 0.717) is 6.54 Å². The molecule has 0 heterocycles. The molecule has 2 nitrogen and oxygen atoms in total. The molecule has 2 N–H and O–H groups in total. The van der Waals surface area contributed by atoms with Gasteiger partial charge in [0.05, 0.1) is 13.7 Å². The van der Waals surface area contributed by atoms with E-state index in [-0.39, 0.29) is 12.4 Å². The first kappa shape index (κ1) is 11.8. The molecule has 3 heteroatoms. The molecule has 0 aromatic heterocycles. The van der Waals surface area contributed by atoms with Crippen molar-refractivity contribution in [2.75, 3.05) is 13.7 Å². The van der Waals surface area contributed by atoms with Gasteiger partial charge in [0.25, 0.3) is 0 Å². The molecular weight excluding hydrogens is 186 g/mol. The molecule has 0 atom stereocenters. The molecule has 70 valence electrons. The van der Waals surface area contributed by atoms with Gasteiger partial charge in [-0.3, -0.25) is 0 Å². The molecule has 0 aliphatic carbocycles. The highest BCUT2D eigenvalue weighted by atomic mass is 35.5. The molecule has 0 spiro atoms. The molecule has 0 bridgehead atoms. The van der Waals surface area contributed by atoms with Gasteiger partial charge in [0, 0.05) is 5.56 Å². The lowest BCUT2D eigenvalue weighted by Gasteiger charge is -1.97. The molecule has 0 fully saturated rings. The molecule has 1 aromatic carbocycles. The fraction of sp³-hybridized carbons (Fsp3) is 0.200. The number of benzene rings is 1. The lowest BCUT2D eigenvalue weighted by Crippen LogP contribution is -1.93. The highest BCUT2D eigenvalue weighted by Gasteiger charge is 1.89. The summed E-state index contributed by atoms with van der Waals surface area (Å²) in [4.78, 5) is 0. The van der Waals surface area contributed by atoms with E-state index in [0.717, 1.165) is 11.3 Å². The second-order valence-corrected chi connectivity index (χ2v) is 2.24. The van der Waals surface area contributed by atoms with E-state index < -0.39 is 0 Å². The van der Waals surface area contributed by atoms with Crippen LogP contribution < -0.4 is 10.5 Å². The predicted molar refractivity (Wildman–Crippen MR) is 56.2 cm³/mol. The van der Waals surface area contributed by atoms with Gasteiger partial charge in [-0.15, -0.1) is 12.4 Å². The first-order valence-corrected chi connectivity index (χ1v) is 3.70. The van der Waals surface area contributed by atoms with E-state index in [1.807, 2.05) is 24.3 Å². The van der Waals surface area contributed by atoms with Crippen LogP contribution in [0.2, 0.25) is 0 Å². The molecule has 0 radical (unpaired) electrons. The second-order valence-electron chi connectivity index (χ2n) is 2.24. The number of methoxy groups -OCH3 is 1. The number of halogens is 1. The van der Waals surface area contributed by atoms with Crippen LogP contribution in [-0.4, -0.2) is 13.7 Å². The van der Waals surface area contributed by atoms with Gasteiger partial charge in [-0.25, -0.2) is 0 Å². The Morgan fingerprint density at radius 2 is 2.23 bits per heavy atom. The van der Waals surface area contributed by atoms with Gasteiger partial charge in [-0.2, -0.15) is 0 Å². The molecule has 13 heavy (non-hydrogen) atoms. The first-order chi connectivity index (χ1) is 5.86. The summed E-state index contributed by atoms with van der Waals surface area (Å²) in [6.45, 7) is 0.386. The standard InChI is InChI=1S/C10H11NO.ClH/c1-12-10-6-2-4-9(8-10)5-3-7-11;/h2,4,6,8H,7,11H2,1H3;1H. The van der Waals surface area contributed by atoms with Crippen molar-refractivity contribution in [2.45, 2.75) is 0 Å². The maximum absolute atomic E-state index is 5.24. The van der Waals surface area contributed by atoms with Crippen molar-refractivity contribution >= 4 is 12.4 Å². The van der Waals surface area contributed by atoms with Crippen LogP contribution >= 0.6 is 12.4 Å². The minimum absolute atomic E-state index is 0. The van der Waals surface area contributed by atoms with Gasteiger partial charge in [0.15, 0.2) is 0 Å². The largest absolute Gasteiger partial charge is 0.497 e. The summed E-state index contributed by atoms with van der Waals surface area (Å²) in [7, 11) is 1.63. The Balaban J connectivity index is 0.00000144. The Morgan fingerprint density at radius 1 is 1.46 bits per heavy atom. The molecule has 0 saturated carbocycles. The number of ether oxygens (including phenoxy) is 1. The summed E-state index contributed by atoms with van der Waals surface area (Å²) < 4.78 is 5.04. The number of hydrogen-bond acceptors (Lipinski definition) is 2. The van der Waals surface area contributed by atoms with E-state index >= 15 is 0 Å². The van der Waals surface area contributed by atoms with E-state index in [1.54, 1.807) is 7.11 Å². The van der Waals surface area contributed by atoms with E-state index in [4.69, 9.17) is 10.5 Å². The molecule has 0 aliphatic rings. The molecule has 1 aromatic rings. The molecule has 0 amide bonds. The van der Waals surface area contributed by atoms with Crippen LogP contribution in [-0.2, 0) is 0 Å². The third-order valence-corrected chi connectivity index (χ3v) is 1.40. The van der Waals surface area contributed by atoms with Crippen LogP contribution in [0.4, 0.5) is 0 Å². The zero-order valence-corrected chi connectivity index (χ0v) is 8.23. The molecule has 0 saturated heterocycles. The Morgan fingerprint density at radius 3 is 2.85 bits per heavy atom. The number of hydrogen-bond donors (Lipinski definition) is 1. The lowest BCUT2D eigenvalue weighted by molar-refractivity contribution is 0.414. The van der Waals surface area contributed by atoms with Crippen LogP contribution in [0, 0.1) is 11.8 Å². The third-order valence-electron chi connectivity index (χ3n) is 1.40. The van der Waals surface area contributed by atoms with E-state index in [9.17, 15) is 0 Å². The normalized spacial score (nSPS) is 7.85. The van der Waals surface area contributed by atoms with Gasteiger partial charge in [0.1, 0.15) is 5.75 Å². The summed E-state index contributed by atoms with van der Waals surface area (Å²) in [5, 5.41) is 0. The fourth-order valence-corrected chi connectivity index (χ4v) is 0.854. The monoisotopic (exact) mass is 197 g/mol. The number of rotatable bonds is 1. The molecule has 0 unspecified atom stereocenters. The van der Waals surface area contributed by atoms with Crippen LogP contribution in [0.5, 0.6) is 5.75 Å². The van der Waals surface area contributed by atoms with Crippen molar-refractivity contribution in [1.29, 1.82) is 0 Å². The molecule has 0 aliphatic heterocycles. The average molecular weight is 198 g/mol. The second kappa shape index (κ2) is 6.36. The zero-order valence-electron chi connectivity index (χ0n) is 7.41. The molecular formula is C10H12ClNO. The van der Waals surface area contributed by atoms with Crippen molar-refractivity contribution in [3.63, 3.8) is 0 Å². The first-order valence-electron chi connectivity index (χ1n) is 3.70. The van der Waals surface area contributed by atoms with Gasteiger partial charge in [-0.05, 0) is 18.2 Å². The topological polar surface area (TPSA) is 35.2 Å². The Bertz CT molecular complexity index is 314. The average Bonchev–Trinajstić information content (AvgIpc) is 2.15. The maximum Gasteiger partial charge on any atom is 0.120 e. The summed E-state index contributed by atoms with van der Waals surface area (Å²) in [5.41, 5.74) is 6.17. The SMILES string of the molecule is COc1cccc(C#CCN)c1.Cl. The predicted octanol–water partition coefficient (Wildman–Crippen LogP) is 1.43. The highest BCUT2D eigenvalue weighted by Crippen LogP contribution is 2.10. The van der Waals surface area contributed by atoms with Crippen LogP contribution in [0.1, 0.15) is 5.56 Å². The maximum atomic E-state index is 5.24. The van der Waals surface area contributed by atoms with Crippen molar-refractivity contribution in [2.24, 2.45) is 5.73 Å². The lowest BCUT2D eigenvalue weighted by atomic mass is 10.2. The summed E-state index contributed by atoms with van der Waals surface area (Å²) in [5.74, 6) is 6.52. The minimum atomic E-state index is 0. The van der Waals surface area contributed by atoms with Crippen LogP contribution in [0.15, 0.2) is 24.3 Å². The van der Waals surface area contributed by atoms with Crippen molar-refractivity contribution in [3.05, 3.63) is 29.8 Å². The van der Waals surface area contributed by atoms with Crippen molar-refractivity contribution in [3.8, 4) is 17.6 Å². The fourth-order valence-electron chi connectivity index (χ4n) is 0.854. The Hall–Kier alpha value is -1.17. The smallest absolute Gasteiger partial charge is 0.120 e. The zero-order chi connectivity index (χ0) is 8.81. The van der Waals surface area contributed by atoms with Crippen LogP contribution in [0.25, 0.3) is 0 Å².